The summed E-state index contributed by atoms with van der Waals surface area (Å²) in [6, 6.07) is 6.87. The Morgan fingerprint density at radius 1 is 1.15 bits per heavy atom. The second-order valence-electron chi connectivity index (χ2n) is 6.90. The third-order valence-corrected chi connectivity index (χ3v) is 6.90. The van der Waals surface area contributed by atoms with Gasteiger partial charge >= 0.3 is 5.69 Å². The van der Waals surface area contributed by atoms with Crippen LogP contribution >= 0.6 is 0 Å². The van der Waals surface area contributed by atoms with E-state index < -0.39 is 14.9 Å². The minimum absolute atomic E-state index is 0.0509. The van der Waals surface area contributed by atoms with Crippen LogP contribution in [0.25, 0.3) is 0 Å². The maximum absolute atomic E-state index is 12.8. The highest BCUT2D eigenvalue weighted by Gasteiger charge is 2.31. The summed E-state index contributed by atoms with van der Waals surface area (Å²) in [6.45, 7) is 7.79. The molecule has 9 nitrogen and oxygen atoms in total. The van der Waals surface area contributed by atoms with Gasteiger partial charge in [0.1, 0.15) is 11.4 Å². The van der Waals surface area contributed by atoms with Gasteiger partial charge in [0.2, 0.25) is 10.0 Å². The van der Waals surface area contributed by atoms with E-state index in [9.17, 15) is 18.5 Å². The molecule has 0 aliphatic carbocycles. The summed E-state index contributed by atoms with van der Waals surface area (Å²) in [4.78, 5) is 12.2. The number of benzene rings is 1. The number of nitro groups is 1. The highest BCUT2D eigenvalue weighted by molar-refractivity contribution is 7.89. The summed E-state index contributed by atoms with van der Waals surface area (Å²) in [5.41, 5.74) is 1.99. The zero-order chi connectivity index (χ0) is 19.8. The molecule has 146 valence electrons. The van der Waals surface area contributed by atoms with Crippen LogP contribution in [-0.4, -0.2) is 53.6 Å². The third-order valence-electron chi connectivity index (χ3n) is 4.99. The van der Waals surface area contributed by atoms with E-state index in [0.717, 1.165) is 10.5 Å². The molecule has 10 heteroatoms. The first-order chi connectivity index (χ1) is 12.7. The number of nitrogens with one attached hydrogen (secondary N) is 1. The average Bonchev–Trinajstić information content (AvgIpc) is 2.89. The van der Waals surface area contributed by atoms with Gasteiger partial charge in [0.05, 0.1) is 36.0 Å². The first-order valence-electron chi connectivity index (χ1n) is 8.79. The van der Waals surface area contributed by atoms with Crippen molar-refractivity contribution in [1.29, 1.82) is 0 Å². The van der Waals surface area contributed by atoms with Crippen LogP contribution in [0, 0.1) is 30.9 Å². The molecule has 1 aromatic heterocycles. The molecule has 1 aliphatic rings. The van der Waals surface area contributed by atoms with Crippen LogP contribution in [-0.2, 0) is 16.7 Å². The minimum atomic E-state index is -3.49. The zero-order valence-electron chi connectivity index (χ0n) is 15.7. The van der Waals surface area contributed by atoms with Crippen molar-refractivity contribution in [2.45, 2.75) is 32.3 Å². The van der Waals surface area contributed by atoms with Crippen LogP contribution in [0.4, 0.5) is 5.69 Å². The Labute approximate surface area is 158 Å². The van der Waals surface area contributed by atoms with E-state index in [1.54, 1.807) is 42.8 Å². The molecule has 3 rings (SSSR count). The van der Waals surface area contributed by atoms with Crippen molar-refractivity contribution in [2.24, 2.45) is 0 Å². The lowest BCUT2D eigenvalue weighted by Crippen LogP contribution is -3.14. The van der Waals surface area contributed by atoms with Crippen LogP contribution in [0.15, 0.2) is 29.2 Å². The first kappa shape index (κ1) is 19.5. The largest absolute Gasteiger partial charge is 0.314 e. The third kappa shape index (κ3) is 3.87. The molecule has 1 aromatic carbocycles. The molecular formula is C17H24N5O4S+. The molecule has 1 aliphatic heterocycles. The topological polar surface area (TPSA) is 103 Å². The van der Waals surface area contributed by atoms with Gasteiger partial charge in [-0.1, -0.05) is 17.7 Å². The second kappa shape index (κ2) is 7.37. The Balaban J connectivity index is 1.66. The van der Waals surface area contributed by atoms with Crippen molar-refractivity contribution in [3.8, 4) is 0 Å². The van der Waals surface area contributed by atoms with Gasteiger partial charge in [0, 0.05) is 0 Å². The molecule has 0 atom stereocenters. The molecule has 0 saturated carbocycles. The van der Waals surface area contributed by atoms with Gasteiger partial charge in [-0.3, -0.25) is 10.1 Å². The lowest BCUT2D eigenvalue weighted by molar-refractivity contribution is -0.926. The Hall–Kier alpha value is -2.30. The Kier molecular flexibility index (Phi) is 5.31. The summed E-state index contributed by atoms with van der Waals surface area (Å²) in [5.74, 6) is 0. The van der Waals surface area contributed by atoms with Crippen LogP contribution < -0.4 is 4.90 Å². The van der Waals surface area contributed by atoms with Crippen LogP contribution in [0.3, 0.4) is 0 Å². The van der Waals surface area contributed by atoms with Gasteiger partial charge in [-0.2, -0.15) is 9.40 Å². The van der Waals surface area contributed by atoms with Crippen molar-refractivity contribution in [1.82, 2.24) is 14.1 Å². The number of hydrogen-bond donors (Lipinski definition) is 1. The van der Waals surface area contributed by atoms with E-state index in [1.165, 1.54) is 4.31 Å². The zero-order valence-corrected chi connectivity index (χ0v) is 16.5. The molecule has 27 heavy (non-hydrogen) atoms. The fraction of sp³-hybridized carbons (Fsp3) is 0.471. The lowest BCUT2D eigenvalue weighted by atomic mass is 10.2. The molecular weight excluding hydrogens is 370 g/mol. The van der Waals surface area contributed by atoms with Crippen molar-refractivity contribution in [2.75, 3.05) is 26.2 Å². The van der Waals surface area contributed by atoms with Crippen molar-refractivity contribution < 1.29 is 18.2 Å². The van der Waals surface area contributed by atoms with E-state index in [2.05, 4.69) is 5.10 Å². The van der Waals surface area contributed by atoms with Gasteiger partial charge in [0.25, 0.3) is 0 Å². The van der Waals surface area contributed by atoms with Crippen molar-refractivity contribution in [3.63, 3.8) is 0 Å². The van der Waals surface area contributed by atoms with Crippen molar-refractivity contribution >= 4 is 15.7 Å². The minimum Gasteiger partial charge on any atom is -0.314 e. The van der Waals surface area contributed by atoms with Gasteiger partial charge in [-0.15, -0.1) is 0 Å². The SMILES string of the molecule is Cc1ccc(S(=O)(=O)N2CC[NH+](Cn3nc(C)c([N+](=O)[O-])c3C)CC2)cc1. The molecule has 2 heterocycles. The van der Waals surface area contributed by atoms with Gasteiger partial charge in [-0.25, -0.2) is 13.1 Å². The molecule has 0 unspecified atom stereocenters. The molecule has 1 fully saturated rings. The Morgan fingerprint density at radius 3 is 2.26 bits per heavy atom. The number of nitrogens with zero attached hydrogens (tertiary/aromatic N) is 4. The molecule has 0 spiro atoms. The van der Waals surface area contributed by atoms with E-state index in [-0.39, 0.29) is 5.69 Å². The first-order valence-corrected chi connectivity index (χ1v) is 10.2. The maximum Gasteiger partial charge on any atom is 0.312 e. The monoisotopic (exact) mass is 394 g/mol. The molecule has 1 saturated heterocycles. The Morgan fingerprint density at radius 2 is 1.74 bits per heavy atom. The van der Waals surface area contributed by atoms with Crippen LogP contribution in [0.5, 0.6) is 0 Å². The fourth-order valence-corrected chi connectivity index (χ4v) is 4.82. The van der Waals surface area contributed by atoms with Gasteiger partial charge in [-0.05, 0) is 32.9 Å². The predicted octanol–water partition coefficient (Wildman–Crippen LogP) is 0.263. The Bertz CT molecular complexity index is 944. The molecule has 0 amide bonds. The highest BCUT2D eigenvalue weighted by Crippen LogP contribution is 2.21. The quantitative estimate of drug-likeness (QED) is 0.579. The van der Waals surface area contributed by atoms with Crippen LogP contribution in [0.1, 0.15) is 17.0 Å². The molecule has 0 radical (unpaired) electrons. The number of aromatic nitrogens is 2. The molecule has 1 N–H and O–H groups in total. The summed E-state index contributed by atoms with van der Waals surface area (Å²) in [7, 11) is -3.49. The van der Waals surface area contributed by atoms with Gasteiger partial charge < -0.3 is 4.90 Å². The van der Waals surface area contributed by atoms with Crippen LogP contribution in [0.2, 0.25) is 0 Å². The van der Waals surface area contributed by atoms with E-state index in [4.69, 9.17) is 0 Å². The number of piperazine rings is 1. The number of sulfonamides is 1. The van der Waals surface area contributed by atoms with E-state index in [1.807, 2.05) is 6.92 Å². The molecule has 0 bridgehead atoms. The fourth-order valence-electron chi connectivity index (χ4n) is 3.38. The predicted molar refractivity (Wildman–Crippen MR) is 99.0 cm³/mol. The second-order valence-corrected chi connectivity index (χ2v) is 8.84. The van der Waals surface area contributed by atoms with E-state index >= 15 is 0 Å². The summed E-state index contributed by atoms with van der Waals surface area (Å²) in [6.07, 6.45) is 0. The lowest BCUT2D eigenvalue weighted by Gasteiger charge is -2.31. The molecule has 2 aromatic rings. The van der Waals surface area contributed by atoms with Crippen molar-refractivity contribution in [3.05, 3.63) is 51.3 Å². The van der Waals surface area contributed by atoms with E-state index in [0.29, 0.717) is 49.1 Å². The number of quaternary nitrogens is 1. The smallest absolute Gasteiger partial charge is 0.312 e. The van der Waals surface area contributed by atoms with Gasteiger partial charge in [0.15, 0.2) is 6.67 Å². The summed E-state index contributed by atoms with van der Waals surface area (Å²) >= 11 is 0. The average molecular weight is 394 g/mol. The normalized spacial score (nSPS) is 16.6. The summed E-state index contributed by atoms with van der Waals surface area (Å²) < 4.78 is 28.7. The highest BCUT2D eigenvalue weighted by atomic mass is 32.2. The number of aryl methyl sites for hydroxylation is 2. The number of hydrogen-bond acceptors (Lipinski definition) is 5. The number of rotatable bonds is 5. The maximum atomic E-state index is 12.8. The standard InChI is InChI=1S/C17H23N5O4S/c1-13-4-6-16(7-5-13)27(25,26)20-10-8-19(9-11-20)12-21-15(3)17(22(23)24)14(2)18-21/h4-7H,8-12H2,1-3H3/p+1. The summed E-state index contributed by atoms with van der Waals surface area (Å²) in [5, 5.41) is 15.4.